The lowest BCUT2D eigenvalue weighted by Crippen LogP contribution is -2.03. The number of rotatable bonds is 4. The second kappa shape index (κ2) is 6.94. The highest BCUT2D eigenvalue weighted by Crippen LogP contribution is 2.27. The Kier molecular flexibility index (Phi) is 4.49. The maximum absolute atomic E-state index is 12.6. The van der Waals surface area contributed by atoms with Gasteiger partial charge in [0.15, 0.2) is 5.78 Å². The molecule has 3 aromatic carbocycles. The number of nitrogens with one attached hydrogen (secondary N) is 1. The van der Waals surface area contributed by atoms with Crippen molar-refractivity contribution < 1.29 is 4.79 Å². The number of fused-ring (bicyclic) bond motifs is 1. The normalized spacial score (nSPS) is 11.0. The molecule has 0 amide bonds. The van der Waals surface area contributed by atoms with Gasteiger partial charge in [-0.15, -0.1) is 0 Å². The summed E-state index contributed by atoms with van der Waals surface area (Å²) in [5.74, 6) is 0.716. The van der Waals surface area contributed by atoms with E-state index < -0.39 is 0 Å². The third kappa shape index (κ3) is 3.36. The number of Topliss-reactive ketones (excluding diaryl/α,β-unsaturated/α-hetero) is 1. The minimum absolute atomic E-state index is 0.0306. The van der Waals surface area contributed by atoms with Gasteiger partial charge in [-0.1, -0.05) is 47.5 Å². The number of nitrogens with zero attached hydrogens (tertiary/aromatic N) is 1. The minimum atomic E-state index is 0.0306. The number of benzene rings is 3. The number of ketones is 1. The second-order valence-corrected chi connectivity index (χ2v) is 6.87. The van der Waals surface area contributed by atoms with Gasteiger partial charge in [0.25, 0.3) is 0 Å². The average Bonchev–Trinajstić information content (AvgIpc) is 3.05. The number of H-pyrrole nitrogens is 1. The molecular formula is C21H14Cl2N2O. The van der Waals surface area contributed by atoms with E-state index in [-0.39, 0.29) is 5.78 Å². The zero-order valence-electron chi connectivity index (χ0n) is 13.7. The average molecular weight is 381 g/mol. The Morgan fingerprint density at radius 3 is 2.62 bits per heavy atom. The molecule has 26 heavy (non-hydrogen) atoms. The van der Waals surface area contributed by atoms with Crippen LogP contribution in [-0.2, 0) is 6.42 Å². The van der Waals surface area contributed by atoms with E-state index >= 15 is 0 Å². The predicted molar refractivity (Wildman–Crippen MR) is 106 cm³/mol. The van der Waals surface area contributed by atoms with Gasteiger partial charge in [0.2, 0.25) is 0 Å². The SMILES string of the molecule is O=C(Cc1cccc(Cl)c1)c1ccc2nc(-c3ccccc3Cl)[nH]c2c1. The molecule has 0 aliphatic heterocycles. The van der Waals surface area contributed by atoms with Crippen molar-refractivity contribution >= 4 is 40.0 Å². The third-order valence-corrected chi connectivity index (χ3v) is 4.75. The molecule has 4 aromatic rings. The molecule has 0 bridgehead atoms. The highest BCUT2D eigenvalue weighted by Gasteiger charge is 2.12. The number of halogens is 2. The smallest absolute Gasteiger partial charge is 0.167 e. The molecule has 3 nitrogen and oxygen atoms in total. The third-order valence-electron chi connectivity index (χ3n) is 4.19. The number of hydrogen-bond acceptors (Lipinski definition) is 2. The molecule has 0 spiro atoms. The minimum Gasteiger partial charge on any atom is -0.338 e. The Morgan fingerprint density at radius 2 is 1.81 bits per heavy atom. The molecule has 1 aromatic heterocycles. The summed E-state index contributed by atoms with van der Waals surface area (Å²) in [6, 6.07) is 20.3. The first-order valence-electron chi connectivity index (χ1n) is 8.12. The fraction of sp³-hybridized carbons (Fsp3) is 0.0476. The zero-order valence-corrected chi connectivity index (χ0v) is 15.2. The molecule has 1 heterocycles. The van der Waals surface area contributed by atoms with E-state index in [0.717, 1.165) is 22.2 Å². The maximum atomic E-state index is 12.6. The van der Waals surface area contributed by atoms with Gasteiger partial charge in [-0.25, -0.2) is 4.98 Å². The van der Waals surface area contributed by atoms with Gasteiger partial charge in [0.1, 0.15) is 5.82 Å². The highest BCUT2D eigenvalue weighted by molar-refractivity contribution is 6.33. The Hall–Kier alpha value is -2.62. The summed E-state index contributed by atoms with van der Waals surface area (Å²) in [5, 5.41) is 1.26. The maximum Gasteiger partial charge on any atom is 0.167 e. The predicted octanol–water partition coefficient (Wildman–Crippen LogP) is 5.96. The fourth-order valence-electron chi connectivity index (χ4n) is 2.90. The monoisotopic (exact) mass is 380 g/mol. The number of carbonyl (C=O) groups is 1. The van der Waals surface area contributed by atoms with E-state index in [4.69, 9.17) is 23.2 Å². The van der Waals surface area contributed by atoms with Crippen molar-refractivity contribution in [1.82, 2.24) is 9.97 Å². The van der Waals surface area contributed by atoms with Crippen LogP contribution < -0.4 is 0 Å². The van der Waals surface area contributed by atoms with Gasteiger partial charge in [0.05, 0.1) is 16.1 Å². The lowest BCUT2D eigenvalue weighted by Gasteiger charge is -2.02. The van der Waals surface area contributed by atoms with Crippen molar-refractivity contribution in [3.63, 3.8) is 0 Å². The van der Waals surface area contributed by atoms with E-state index in [1.54, 1.807) is 12.1 Å². The van der Waals surface area contributed by atoms with Gasteiger partial charge in [-0.3, -0.25) is 4.79 Å². The van der Waals surface area contributed by atoms with Gasteiger partial charge < -0.3 is 4.98 Å². The van der Waals surface area contributed by atoms with Crippen LogP contribution in [0.2, 0.25) is 10.0 Å². The summed E-state index contributed by atoms with van der Waals surface area (Å²) in [4.78, 5) is 20.4. The van der Waals surface area contributed by atoms with E-state index in [1.807, 2.05) is 54.6 Å². The molecule has 4 rings (SSSR count). The Bertz CT molecular complexity index is 1120. The Morgan fingerprint density at radius 1 is 0.962 bits per heavy atom. The van der Waals surface area contributed by atoms with Crippen LogP contribution in [0, 0.1) is 0 Å². The molecule has 0 aliphatic rings. The fourth-order valence-corrected chi connectivity index (χ4v) is 3.34. The number of carbonyl (C=O) groups excluding carboxylic acids is 1. The molecule has 0 unspecified atom stereocenters. The summed E-state index contributed by atoms with van der Waals surface area (Å²) in [6.45, 7) is 0. The van der Waals surface area contributed by atoms with Crippen molar-refractivity contribution in [1.29, 1.82) is 0 Å². The summed E-state index contributed by atoms with van der Waals surface area (Å²) >= 11 is 12.2. The van der Waals surface area contributed by atoms with Crippen LogP contribution in [0.3, 0.4) is 0 Å². The lowest BCUT2D eigenvalue weighted by atomic mass is 10.0. The van der Waals surface area contributed by atoms with E-state index in [2.05, 4.69) is 9.97 Å². The quantitative estimate of drug-likeness (QED) is 0.443. The summed E-state index contributed by atoms with van der Waals surface area (Å²) < 4.78 is 0. The van der Waals surface area contributed by atoms with Crippen molar-refractivity contribution in [3.05, 3.63) is 87.9 Å². The van der Waals surface area contributed by atoms with E-state index in [1.165, 1.54) is 0 Å². The Balaban J connectivity index is 1.65. The van der Waals surface area contributed by atoms with Crippen molar-refractivity contribution in [2.24, 2.45) is 0 Å². The van der Waals surface area contributed by atoms with Gasteiger partial charge in [-0.2, -0.15) is 0 Å². The molecule has 128 valence electrons. The van der Waals surface area contributed by atoms with Crippen LogP contribution in [-0.4, -0.2) is 15.8 Å². The number of imidazole rings is 1. The molecule has 0 aliphatic carbocycles. The molecule has 0 saturated carbocycles. The summed E-state index contributed by atoms with van der Waals surface area (Å²) in [6.07, 6.45) is 0.303. The van der Waals surface area contributed by atoms with Crippen molar-refractivity contribution in [2.45, 2.75) is 6.42 Å². The van der Waals surface area contributed by atoms with Crippen LogP contribution in [0.15, 0.2) is 66.7 Å². The van der Waals surface area contributed by atoms with Crippen LogP contribution in [0.1, 0.15) is 15.9 Å². The van der Waals surface area contributed by atoms with E-state index in [0.29, 0.717) is 27.9 Å². The lowest BCUT2D eigenvalue weighted by molar-refractivity contribution is 0.0993. The van der Waals surface area contributed by atoms with Crippen LogP contribution in [0.4, 0.5) is 0 Å². The van der Waals surface area contributed by atoms with Gasteiger partial charge >= 0.3 is 0 Å². The largest absolute Gasteiger partial charge is 0.338 e. The first kappa shape index (κ1) is 16.8. The zero-order chi connectivity index (χ0) is 18.1. The van der Waals surface area contributed by atoms with Crippen LogP contribution in [0.5, 0.6) is 0 Å². The topological polar surface area (TPSA) is 45.8 Å². The first-order valence-corrected chi connectivity index (χ1v) is 8.88. The number of aromatic amines is 1. The molecule has 0 fully saturated rings. The molecule has 0 radical (unpaired) electrons. The van der Waals surface area contributed by atoms with Crippen LogP contribution >= 0.6 is 23.2 Å². The van der Waals surface area contributed by atoms with Crippen LogP contribution in [0.25, 0.3) is 22.4 Å². The Labute approximate surface area is 160 Å². The number of hydrogen-bond donors (Lipinski definition) is 1. The number of aromatic nitrogens is 2. The molecule has 1 N–H and O–H groups in total. The van der Waals surface area contributed by atoms with Gasteiger partial charge in [-0.05, 0) is 48.0 Å². The second-order valence-electron chi connectivity index (χ2n) is 6.03. The molecule has 0 saturated heterocycles. The summed E-state index contributed by atoms with van der Waals surface area (Å²) in [7, 11) is 0. The standard InChI is InChI=1S/C21H14Cl2N2O/c22-15-5-3-4-13(10-15)11-20(26)14-8-9-18-19(12-14)25-21(24-18)16-6-1-2-7-17(16)23/h1-10,12H,11H2,(H,24,25). The summed E-state index contributed by atoms with van der Waals surface area (Å²) in [5.41, 5.74) is 3.95. The molecule has 5 heteroatoms. The van der Waals surface area contributed by atoms with Crippen molar-refractivity contribution in [2.75, 3.05) is 0 Å². The molecule has 0 atom stereocenters. The first-order chi connectivity index (χ1) is 12.6. The van der Waals surface area contributed by atoms with Crippen molar-refractivity contribution in [3.8, 4) is 11.4 Å². The van der Waals surface area contributed by atoms with E-state index in [9.17, 15) is 4.79 Å². The van der Waals surface area contributed by atoms with Gasteiger partial charge in [0, 0.05) is 22.6 Å². The highest BCUT2D eigenvalue weighted by atomic mass is 35.5. The molecular weight excluding hydrogens is 367 g/mol.